The molecule has 34 heavy (non-hydrogen) atoms. The van der Waals surface area contributed by atoms with Crippen molar-refractivity contribution < 1.29 is 0 Å². The molecule has 0 spiro atoms. The molecule has 0 unspecified atom stereocenters. The van der Waals surface area contributed by atoms with Crippen LogP contribution >= 0.6 is 11.6 Å². The lowest BCUT2D eigenvalue weighted by atomic mass is 10.1. The number of rotatable bonds is 6. The maximum atomic E-state index is 9.82. The van der Waals surface area contributed by atoms with Crippen LogP contribution in [0.15, 0.2) is 59.2 Å². The summed E-state index contributed by atoms with van der Waals surface area (Å²) in [5.41, 5.74) is 2.08. The van der Waals surface area contributed by atoms with Crippen LogP contribution in [-0.2, 0) is 0 Å². The normalized spacial score (nSPS) is 10.6. The van der Waals surface area contributed by atoms with Gasteiger partial charge in [-0.15, -0.1) is 10.2 Å². The monoisotopic (exact) mass is 469 g/mol. The highest BCUT2D eigenvalue weighted by molar-refractivity contribution is 6.30. The van der Waals surface area contributed by atoms with Gasteiger partial charge in [0.25, 0.3) is 5.95 Å². The van der Waals surface area contributed by atoms with Crippen molar-refractivity contribution in [3.63, 3.8) is 0 Å². The molecular formula is C22H16ClN11. The molecule has 166 valence electrons. The Morgan fingerprint density at radius 3 is 2.41 bits per heavy atom. The lowest BCUT2D eigenvalue weighted by molar-refractivity contribution is 0.803. The molecule has 4 rings (SSSR count). The smallest absolute Gasteiger partial charge is 0.252 e. The molecule has 3 aromatic heterocycles. The standard InChI is InChI=1S/C22H16ClN11/c1-13-17(11-25)19(30-16-6-4-15(23)5-7-16)31-20(26-2)18(13)32-33-21-14(10-24)12-29-34(21)22-27-8-3-9-28-22/h3-9,12H,1-2H3,(H2,26,30,31). The Bertz CT molecular complexity index is 1450. The largest absolute Gasteiger partial charge is 0.371 e. The zero-order valence-electron chi connectivity index (χ0n) is 18.0. The molecule has 0 saturated heterocycles. The molecule has 4 aromatic rings. The van der Waals surface area contributed by atoms with Crippen LogP contribution in [0.4, 0.5) is 28.8 Å². The SMILES string of the molecule is CNc1nc(Nc2ccc(Cl)cc2)c(C#N)c(C)c1N=Nc1c(C#N)cnn1-c1ncccn1. The van der Waals surface area contributed by atoms with E-state index in [1.54, 1.807) is 56.7 Å². The summed E-state index contributed by atoms with van der Waals surface area (Å²) in [5, 5.41) is 38.7. The minimum Gasteiger partial charge on any atom is -0.371 e. The molecule has 3 heterocycles. The van der Waals surface area contributed by atoms with Gasteiger partial charge in [0.15, 0.2) is 17.5 Å². The average Bonchev–Trinajstić information content (AvgIpc) is 3.28. The molecule has 0 atom stereocenters. The number of hydrogen-bond acceptors (Lipinski definition) is 10. The Labute approximate surface area is 199 Å². The molecule has 2 N–H and O–H groups in total. The summed E-state index contributed by atoms with van der Waals surface area (Å²) in [6.07, 6.45) is 4.46. The Kier molecular flexibility index (Phi) is 6.39. The number of nitrogens with zero attached hydrogens (tertiary/aromatic N) is 9. The van der Waals surface area contributed by atoms with Crippen LogP contribution in [0.3, 0.4) is 0 Å². The molecule has 0 bridgehead atoms. The predicted octanol–water partition coefficient (Wildman–Crippen LogP) is 4.96. The van der Waals surface area contributed by atoms with Crippen molar-refractivity contribution in [2.45, 2.75) is 6.92 Å². The summed E-state index contributed by atoms with van der Waals surface area (Å²) in [5.74, 6) is 1.13. The number of nitriles is 2. The quantitative estimate of drug-likeness (QED) is 0.375. The van der Waals surface area contributed by atoms with Crippen LogP contribution in [0, 0.1) is 29.6 Å². The summed E-state index contributed by atoms with van der Waals surface area (Å²) in [6.45, 7) is 1.74. The molecule has 0 amide bonds. The van der Waals surface area contributed by atoms with Gasteiger partial charge in [0.2, 0.25) is 0 Å². The van der Waals surface area contributed by atoms with E-state index < -0.39 is 0 Å². The van der Waals surface area contributed by atoms with Gasteiger partial charge in [0.1, 0.15) is 23.4 Å². The van der Waals surface area contributed by atoms with E-state index in [2.05, 4.69) is 47.0 Å². The molecule has 11 nitrogen and oxygen atoms in total. The number of azo groups is 1. The molecule has 0 aliphatic heterocycles. The number of benzene rings is 1. The summed E-state index contributed by atoms with van der Waals surface area (Å²) in [4.78, 5) is 12.8. The van der Waals surface area contributed by atoms with E-state index in [4.69, 9.17) is 11.6 Å². The van der Waals surface area contributed by atoms with Crippen LogP contribution < -0.4 is 10.6 Å². The Balaban J connectivity index is 1.78. The van der Waals surface area contributed by atoms with E-state index in [-0.39, 0.29) is 17.3 Å². The van der Waals surface area contributed by atoms with Crippen LogP contribution in [0.5, 0.6) is 0 Å². The van der Waals surface area contributed by atoms with Crippen molar-refractivity contribution in [1.29, 1.82) is 10.5 Å². The number of aromatic nitrogens is 5. The minimum atomic E-state index is 0.150. The molecule has 0 saturated carbocycles. The van der Waals surface area contributed by atoms with Gasteiger partial charge in [-0.2, -0.15) is 20.3 Å². The summed E-state index contributed by atoms with van der Waals surface area (Å²) in [7, 11) is 1.68. The van der Waals surface area contributed by atoms with Gasteiger partial charge in [-0.25, -0.2) is 15.0 Å². The molecular weight excluding hydrogens is 454 g/mol. The Morgan fingerprint density at radius 2 is 1.76 bits per heavy atom. The Hall–Kier alpha value is -4.87. The number of hydrogen-bond donors (Lipinski definition) is 2. The maximum Gasteiger partial charge on any atom is 0.252 e. The molecule has 0 fully saturated rings. The highest BCUT2D eigenvalue weighted by atomic mass is 35.5. The van der Waals surface area contributed by atoms with Gasteiger partial charge in [-0.05, 0) is 37.3 Å². The van der Waals surface area contributed by atoms with Gasteiger partial charge < -0.3 is 10.6 Å². The zero-order chi connectivity index (χ0) is 24.1. The third kappa shape index (κ3) is 4.37. The fourth-order valence-electron chi connectivity index (χ4n) is 3.05. The van der Waals surface area contributed by atoms with Gasteiger partial charge in [0.05, 0.1) is 11.8 Å². The predicted molar refractivity (Wildman–Crippen MR) is 126 cm³/mol. The van der Waals surface area contributed by atoms with Gasteiger partial charge in [-0.1, -0.05) is 11.6 Å². The topological polar surface area (TPSA) is 153 Å². The van der Waals surface area contributed by atoms with Crippen LogP contribution in [0.2, 0.25) is 5.02 Å². The van der Waals surface area contributed by atoms with E-state index in [0.29, 0.717) is 33.5 Å². The minimum absolute atomic E-state index is 0.150. The number of nitrogens with one attached hydrogen (secondary N) is 2. The fourth-order valence-corrected chi connectivity index (χ4v) is 3.18. The van der Waals surface area contributed by atoms with Crippen LogP contribution in [0.25, 0.3) is 5.95 Å². The molecule has 1 aromatic carbocycles. The Morgan fingerprint density at radius 1 is 1.03 bits per heavy atom. The molecule has 0 radical (unpaired) electrons. The van der Waals surface area contributed by atoms with Gasteiger partial charge in [0, 0.05) is 35.7 Å². The van der Waals surface area contributed by atoms with E-state index in [0.717, 1.165) is 5.69 Å². The lowest BCUT2D eigenvalue weighted by Gasteiger charge is -2.14. The second-order valence-corrected chi connectivity index (χ2v) is 7.24. The number of pyridine rings is 1. The van der Waals surface area contributed by atoms with Crippen LogP contribution in [-0.4, -0.2) is 31.8 Å². The lowest BCUT2D eigenvalue weighted by Crippen LogP contribution is -2.04. The highest BCUT2D eigenvalue weighted by Crippen LogP contribution is 2.36. The van der Waals surface area contributed by atoms with E-state index >= 15 is 0 Å². The van der Waals surface area contributed by atoms with Crippen molar-refractivity contribution in [3.8, 4) is 18.1 Å². The summed E-state index contributed by atoms with van der Waals surface area (Å²) in [6, 6.07) is 12.9. The second-order valence-electron chi connectivity index (χ2n) is 6.81. The average molecular weight is 470 g/mol. The van der Waals surface area contributed by atoms with Gasteiger partial charge >= 0.3 is 0 Å². The third-order valence-corrected chi connectivity index (χ3v) is 4.97. The maximum absolute atomic E-state index is 9.82. The van der Waals surface area contributed by atoms with Crippen LogP contribution in [0.1, 0.15) is 16.7 Å². The molecule has 12 heteroatoms. The third-order valence-electron chi connectivity index (χ3n) is 4.72. The van der Waals surface area contributed by atoms with Crippen molar-refractivity contribution in [1.82, 2.24) is 24.7 Å². The number of halogens is 1. The van der Waals surface area contributed by atoms with E-state index in [1.807, 2.05) is 6.07 Å². The zero-order valence-corrected chi connectivity index (χ0v) is 18.8. The van der Waals surface area contributed by atoms with Crippen molar-refractivity contribution in [3.05, 3.63) is 70.6 Å². The highest BCUT2D eigenvalue weighted by Gasteiger charge is 2.19. The first kappa shape index (κ1) is 22.3. The first-order valence-electron chi connectivity index (χ1n) is 9.88. The molecule has 0 aliphatic rings. The molecule has 0 aliphatic carbocycles. The van der Waals surface area contributed by atoms with E-state index in [1.165, 1.54) is 10.9 Å². The van der Waals surface area contributed by atoms with Crippen molar-refractivity contribution >= 4 is 40.4 Å². The fraction of sp³-hybridized carbons (Fsp3) is 0.0909. The first-order chi connectivity index (χ1) is 16.5. The first-order valence-corrected chi connectivity index (χ1v) is 10.3. The van der Waals surface area contributed by atoms with E-state index in [9.17, 15) is 10.5 Å². The number of anilines is 3. The van der Waals surface area contributed by atoms with Crippen molar-refractivity contribution in [2.24, 2.45) is 10.2 Å². The summed E-state index contributed by atoms with van der Waals surface area (Å²) >= 11 is 5.95. The second kappa shape index (κ2) is 9.73. The van der Waals surface area contributed by atoms with Gasteiger partial charge in [-0.3, -0.25) is 0 Å². The summed E-state index contributed by atoms with van der Waals surface area (Å²) < 4.78 is 1.31. The van der Waals surface area contributed by atoms with Crippen molar-refractivity contribution in [2.75, 3.05) is 17.7 Å².